The minimum Gasteiger partial charge on any atom is -0.384 e. The zero-order valence-corrected chi connectivity index (χ0v) is 9.02. The lowest BCUT2D eigenvalue weighted by atomic mass is 10.1. The average Bonchev–Trinajstić information content (AvgIpc) is 2.29. The Labute approximate surface area is 90.0 Å². The van der Waals surface area contributed by atoms with Crippen LogP contribution in [-0.2, 0) is 4.74 Å². The lowest BCUT2D eigenvalue weighted by Gasteiger charge is -2.32. The second kappa shape index (κ2) is 4.49. The van der Waals surface area contributed by atoms with Crippen molar-refractivity contribution < 1.29 is 4.74 Å². The quantitative estimate of drug-likeness (QED) is 0.793. The molecule has 1 aliphatic heterocycles. The van der Waals surface area contributed by atoms with Crippen molar-refractivity contribution in [3.8, 4) is 0 Å². The fraction of sp³-hybridized carbons (Fsp3) is 0.545. The highest BCUT2D eigenvalue weighted by atomic mass is 16.5. The van der Waals surface area contributed by atoms with Gasteiger partial charge < -0.3 is 15.4 Å². The van der Waals surface area contributed by atoms with Crippen molar-refractivity contribution in [1.29, 1.82) is 0 Å². The van der Waals surface area contributed by atoms with Gasteiger partial charge in [0.05, 0.1) is 0 Å². The predicted octanol–water partition coefficient (Wildman–Crippen LogP) is 1.28. The van der Waals surface area contributed by atoms with E-state index in [-0.39, 0.29) is 0 Å². The molecule has 2 N–H and O–H groups in total. The van der Waals surface area contributed by atoms with Crippen LogP contribution in [-0.4, -0.2) is 31.3 Å². The third-order valence-electron chi connectivity index (χ3n) is 2.91. The number of rotatable bonds is 2. The summed E-state index contributed by atoms with van der Waals surface area (Å²) in [6, 6.07) is 4.46. The van der Waals surface area contributed by atoms with E-state index in [1.54, 1.807) is 6.20 Å². The lowest BCUT2D eigenvalue weighted by molar-refractivity contribution is 0.0855. The maximum atomic E-state index is 5.66. The van der Waals surface area contributed by atoms with E-state index in [9.17, 15) is 0 Å². The Kier molecular flexibility index (Phi) is 3.06. The van der Waals surface area contributed by atoms with Crippen LogP contribution in [0.15, 0.2) is 18.3 Å². The Bertz CT molecular complexity index is 323. The summed E-state index contributed by atoms with van der Waals surface area (Å²) in [5.41, 5.74) is 6.80. The summed E-state index contributed by atoms with van der Waals surface area (Å²) >= 11 is 0. The van der Waals surface area contributed by atoms with Crippen LogP contribution in [0.25, 0.3) is 0 Å². The molecule has 0 atom stereocenters. The average molecular weight is 207 g/mol. The topological polar surface area (TPSA) is 51.4 Å². The molecule has 82 valence electrons. The van der Waals surface area contributed by atoms with Gasteiger partial charge in [-0.1, -0.05) is 0 Å². The van der Waals surface area contributed by atoms with E-state index in [1.165, 1.54) is 0 Å². The van der Waals surface area contributed by atoms with Crippen LogP contribution >= 0.6 is 0 Å². The Hall–Kier alpha value is -1.29. The maximum absolute atomic E-state index is 5.66. The van der Waals surface area contributed by atoms with E-state index in [0.717, 1.165) is 31.7 Å². The summed E-state index contributed by atoms with van der Waals surface area (Å²) in [6.07, 6.45) is 3.91. The molecule has 2 rings (SSSR count). The highest BCUT2D eigenvalue weighted by molar-refractivity contribution is 5.52. The second-order valence-electron chi connectivity index (χ2n) is 3.89. The fourth-order valence-electron chi connectivity index (χ4n) is 1.94. The number of nitrogens with zero attached hydrogens (tertiary/aromatic N) is 2. The highest BCUT2D eigenvalue weighted by Gasteiger charge is 2.18. The van der Waals surface area contributed by atoms with Gasteiger partial charge in [-0.25, -0.2) is 4.98 Å². The zero-order chi connectivity index (χ0) is 10.7. The second-order valence-corrected chi connectivity index (χ2v) is 3.89. The van der Waals surface area contributed by atoms with Gasteiger partial charge >= 0.3 is 0 Å². The molecule has 0 radical (unpaired) electrons. The molecule has 0 saturated carbocycles. The van der Waals surface area contributed by atoms with Gasteiger partial charge in [0.15, 0.2) is 0 Å². The number of pyridine rings is 1. The maximum Gasteiger partial charge on any atom is 0.125 e. The molecule has 0 aliphatic carbocycles. The smallest absolute Gasteiger partial charge is 0.125 e. The monoisotopic (exact) mass is 207 g/mol. The molecule has 0 bridgehead atoms. The first-order valence-corrected chi connectivity index (χ1v) is 5.29. The van der Waals surface area contributed by atoms with E-state index in [0.29, 0.717) is 11.9 Å². The minimum absolute atomic E-state index is 0.556. The molecule has 4 heteroatoms. The molecular weight excluding hydrogens is 190 g/mol. The number of nitrogen functional groups attached to an aromatic ring is 1. The molecule has 0 aromatic carbocycles. The van der Waals surface area contributed by atoms with Gasteiger partial charge in [-0.15, -0.1) is 0 Å². The van der Waals surface area contributed by atoms with Gasteiger partial charge in [-0.2, -0.15) is 0 Å². The number of anilines is 2. The number of aromatic nitrogens is 1. The van der Waals surface area contributed by atoms with Gasteiger partial charge in [0.2, 0.25) is 0 Å². The third kappa shape index (κ3) is 2.39. The Balaban J connectivity index is 2.08. The molecule has 0 amide bonds. The van der Waals surface area contributed by atoms with Gasteiger partial charge in [0, 0.05) is 44.3 Å². The summed E-state index contributed by atoms with van der Waals surface area (Å²) < 4.78 is 5.35. The Morgan fingerprint density at radius 2 is 2.20 bits per heavy atom. The summed E-state index contributed by atoms with van der Waals surface area (Å²) in [6.45, 7) is 1.71. The molecule has 1 aromatic rings. The number of hydrogen-bond acceptors (Lipinski definition) is 4. The first-order chi connectivity index (χ1) is 7.27. The lowest BCUT2D eigenvalue weighted by Crippen LogP contribution is -2.36. The third-order valence-corrected chi connectivity index (χ3v) is 2.91. The molecule has 0 spiro atoms. The Morgan fingerprint density at radius 1 is 1.47 bits per heavy atom. The zero-order valence-electron chi connectivity index (χ0n) is 9.02. The first kappa shape index (κ1) is 10.2. The predicted molar refractivity (Wildman–Crippen MR) is 60.9 cm³/mol. The van der Waals surface area contributed by atoms with E-state index < -0.39 is 0 Å². The van der Waals surface area contributed by atoms with Crippen molar-refractivity contribution in [2.24, 2.45) is 0 Å². The molecule has 0 unspecified atom stereocenters. The molecule has 4 nitrogen and oxygen atoms in total. The summed E-state index contributed by atoms with van der Waals surface area (Å²) in [5, 5.41) is 0. The van der Waals surface area contributed by atoms with Crippen LogP contribution in [0.4, 0.5) is 11.5 Å². The van der Waals surface area contributed by atoms with Gasteiger partial charge in [0.1, 0.15) is 5.82 Å². The van der Waals surface area contributed by atoms with Gasteiger partial charge in [0.25, 0.3) is 0 Å². The molecule has 1 fully saturated rings. The van der Waals surface area contributed by atoms with Crippen LogP contribution in [0.3, 0.4) is 0 Å². The number of hydrogen-bond donors (Lipinski definition) is 1. The standard InChI is InChI=1S/C11H17N3O/c1-14(9-3-6-15-7-4-9)10-2-5-13-11(12)8-10/h2,5,8-9H,3-4,6-7H2,1H3,(H2,12,13). The molecule has 15 heavy (non-hydrogen) atoms. The number of ether oxygens (including phenoxy) is 1. The SMILES string of the molecule is CN(c1ccnc(N)c1)C1CCOCC1. The summed E-state index contributed by atoms with van der Waals surface area (Å²) in [7, 11) is 2.10. The summed E-state index contributed by atoms with van der Waals surface area (Å²) in [4.78, 5) is 6.26. The van der Waals surface area contributed by atoms with Crippen molar-refractivity contribution in [2.75, 3.05) is 30.9 Å². The van der Waals surface area contributed by atoms with Crippen molar-refractivity contribution in [3.63, 3.8) is 0 Å². The first-order valence-electron chi connectivity index (χ1n) is 5.29. The largest absolute Gasteiger partial charge is 0.384 e. The fourth-order valence-corrected chi connectivity index (χ4v) is 1.94. The van der Waals surface area contributed by atoms with Crippen molar-refractivity contribution >= 4 is 11.5 Å². The van der Waals surface area contributed by atoms with E-state index in [2.05, 4.69) is 16.9 Å². The van der Waals surface area contributed by atoms with Crippen LogP contribution < -0.4 is 10.6 Å². The van der Waals surface area contributed by atoms with Crippen molar-refractivity contribution in [2.45, 2.75) is 18.9 Å². The van der Waals surface area contributed by atoms with Gasteiger partial charge in [-0.05, 0) is 18.9 Å². The molecule has 1 aliphatic rings. The van der Waals surface area contributed by atoms with Crippen LogP contribution in [0.2, 0.25) is 0 Å². The highest BCUT2D eigenvalue weighted by Crippen LogP contribution is 2.21. The van der Waals surface area contributed by atoms with Crippen molar-refractivity contribution in [1.82, 2.24) is 4.98 Å². The van der Waals surface area contributed by atoms with Gasteiger partial charge in [-0.3, -0.25) is 0 Å². The molecular formula is C11H17N3O. The van der Waals surface area contributed by atoms with E-state index >= 15 is 0 Å². The van der Waals surface area contributed by atoms with Crippen molar-refractivity contribution in [3.05, 3.63) is 18.3 Å². The minimum atomic E-state index is 0.556. The molecule has 1 aromatic heterocycles. The van der Waals surface area contributed by atoms with Crippen LogP contribution in [0, 0.1) is 0 Å². The van der Waals surface area contributed by atoms with E-state index in [4.69, 9.17) is 10.5 Å². The number of nitrogens with two attached hydrogens (primary N) is 1. The molecule has 1 saturated heterocycles. The van der Waals surface area contributed by atoms with Crippen LogP contribution in [0.5, 0.6) is 0 Å². The Morgan fingerprint density at radius 3 is 2.87 bits per heavy atom. The summed E-state index contributed by atoms with van der Waals surface area (Å²) in [5.74, 6) is 0.575. The van der Waals surface area contributed by atoms with E-state index in [1.807, 2.05) is 12.1 Å². The molecule has 2 heterocycles. The normalized spacial score (nSPS) is 17.7. The van der Waals surface area contributed by atoms with Crippen LogP contribution in [0.1, 0.15) is 12.8 Å².